The van der Waals surface area contributed by atoms with Crippen molar-refractivity contribution in [3.05, 3.63) is 52.8 Å². The van der Waals surface area contributed by atoms with Gasteiger partial charge in [0.25, 0.3) is 0 Å². The first-order chi connectivity index (χ1) is 7.61. The minimum Gasteiger partial charge on any atom is -0.320 e. The van der Waals surface area contributed by atoms with Crippen LogP contribution in [0.4, 0.5) is 0 Å². The fraction of sp³-hybridized carbons (Fsp3) is 0.308. The van der Waals surface area contributed by atoms with Crippen molar-refractivity contribution in [1.82, 2.24) is 9.78 Å². The van der Waals surface area contributed by atoms with Gasteiger partial charge in [0.1, 0.15) is 0 Å². The molecule has 1 aromatic carbocycles. The molecule has 1 unspecified atom stereocenters. The summed E-state index contributed by atoms with van der Waals surface area (Å²) < 4.78 is 1.88. The molecule has 0 radical (unpaired) electrons. The number of nitrogens with two attached hydrogens (primary N) is 1. The van der Waals surface area contributed by atoms with Crippen LogP contribution in [0.1, 0.15) is 28.6 Å². The molecule has 0 bridgehead atoms. The summed E-state index contributed by atoms with van der Waals surface area (Å²) in [4.78, 5) is 0. The zero-order valence-electron chi connectivity index (χ0n) is 9.94. The van der Waals surface area contributed by atoms with Gasteiger partial charge >= 0.3 is 0 Å². The van der Waals surface area contributed by atoms with Gasteiger partial charge in [0.2, 0.25) is 0 Å². The standard InChI is InChI=1S/C13H17N3/c1-9-12(10(2)16(3)15-9)13(14)11-7-5-4-6-8-11/h4-8,13H,14H2,1-3H3. The molecule has 2 rings (SSSR count). The average Bonchev–Trinajstić information content (AvgIpc) is 2.54. The summed E-state index contributed by atoms with van der Waals surface area (Å²) in [7, 11) is 1.95. The van der Waals surface area contributed by atoms with Crippen LogP contribution in [0.2, 0.25) is 0 Å². The summed E-state index contributed by atoms with van der Waals surface area (Å²) >= 11 is 0. The van der Waals surface area contributed by atoms with Gasteiger partial charge < -0.3 is 5.73 Å². The highest BCUT2D eigenvalue weighted by atomic mass is 15.3. The Morgan fingerprint density at radius 3 is 2.31 bits per heavy atom. The van der Waals surface area contributed by atoms with Gasteiger partial charge in [0.15, 0.2) is 0 Å². The Morgan fingerprint density at radius 2 is 1.81 bits per heavy atom. The summed E-state index contributed by atoms with van der Waals surface area (Å²) in [6.45, 7) is 4.06. The van der Waals surface area contributed by atoms with Crippen molar-refractivity contribution in [2.75, 3.05) is 0 Å². The minimum atomic E-state index is -0.0881. The number of nitrogens with zero attached hydrogens (tertiary/aromatic N) is 2. The van der Waals surface area contributed by atoms with Gasteiger partial charge in [-0.1, -0.05) is 30.3 Å². The van der Waals surface area contributed by atoms with Gasteiger partial charge in [-0.3, -0.25) is 4.68 Å². The van der Waals surface area contributed by atoms with Gasteiger partial charge in [-0.25, -0.2) is 0 Å². The summed E-state index contributed by atoms with van der Waals surface area (Å²) in [6, 6.07) is 10.0. The summed E-state index contributed by atoms with van der Waals surface area (Å²) in [5, 5.41) is 4.39. The first-order valence-corrected chi connectivity index (χ1v) is 5.42. The van der Waals surface area contributed by atoms with Crippen LogP contribution in [0, 0.1) is 13.8 Å². The second kappa shape index (κ2) is 4.10. The third-order valence-corrected chi connectivity index (χ3v) is 3.03. The minimum absolute atomic E-state index is 0.0881. The van der Waals surface area contributed by atoms with Crippen LogP contribution >= 0.6 is 0 Å². The van der Waals surface area contributed by atoms with Crippen LogP contribution in [0.25, 0.3) is 0 Å². The maximum atomic E-state index is 6.28. The van der Waals surface area contributed by atoms with E-state index in [9.17, 15) is 0 Å². The molecule has 0 amide bonds. The molecular weight excluding hydrogens is 198 g/mol. The van der Waals surface area contributed by atoms with Crippen molar-refractivity contribution in [1.29, 1.82) is 0 Å². The first kappa shape index (κ1) is 10.9. The average molecular weight is 215 g/mol. The molecule has 3 heteroatoms. The number of aryl methyl sites for hydroxylation is 2. The van der Waals surface area contributed by atoms with Crippen LogP contribution in [0.15, 0.2) is 30.3 Å². The summed E-state index contributed by atoms with van der Waals surface area (Å²) in [5.74, 6) is 0. The molecular formula is C13H17N3. The molecule has 0 spiro atoms. The Labute approximate surface area is 95.9 Å². The lowest BCUT2D eigenvalue weighted by Crippen LogP contribution is -2.13. The van der Waals surface area contributed by atoms with Gasteiger partial charge in [-0.05, 0) is 19.4 Å². The van der Waals surface area contributed by atoms with E-state index in [1.54, 1.807) is 0 Å². The van der Waals surface area contributed by atoms with Crippen LogP contribution in [-0.2, 0) is 7.05 Å². The molecule has 1 aromatic heterocycles. The second-order valence-corrected chi connectivity index (χ2v) is 4.10. The lowest BCUT2D eigenvalue weighted by atomic mass is 9.98. The largest absolute Gasteiger partial charge is 0.320 e. The molecule has 2 aromatic rings. The zero-order chi connectivity index (χ0) is 11.7. The number of hydrogen-bond donors (Lipinski definition) is 1. The van der Waals surface area contributed by atoms with E-state index in [0.717, 1.165) is 22.5 Å². The Hall–Kier alpha value is -1.61. The van der Waals surface area contributed by atoms with Crippen molar-refractivity contribution >= 4 is 0 Å². The molecule has 1 atom stereocenters. The maximum Gasteiger partial charge on any atom is 0.0647 e. The number of rotatable bonds is 2. The summed E-state index contributed by atoms with van der Waals surface area (Å²) in [6.07, 6.45) is 0. The molecule has 0 saturated heterocycles. The van der Waals surface area contributed by atoms with Crippen molar-refractivity contribution in [3.63, 3.8) is 0 Å². The third-order valence-electron chi connectivity index (χ3n) is 3.03. The fourth-order valence-corrected chi connectivity index (χ4v) is 2.07. The SMILES string of the molecule is Cc1nn(C)c(C)c1C(N)c1ccccc1. The molecule has 84 valence electrons. The van der Waals surface area contributed by atoms with Gasteiger partial charge in [0.05, 0.1) is 11.7 Å². The highest BCUT2D eigenvalue weighted by Gasteiger charge is 2.17. The van der Waals surface area contributed by atoms with E-state index in [2.05, 4.69) is 24.2 Å². The monoisotopic (exact) mass is 215 g/mol. The van der Waals surface area contributed by atoms with E-state index in [1.807, 2.05) is 36.9 Å². The fourth-order valence-electron chi connectivity index (χ4n) is 2.07. The molecule has 2 N–H and O–H groups in total. The zero-order valence-corrected chi connectivity index (χ0v) is 9.94. The molecule has 0 aliphatic rings. The van der Waals surface area contributed by atoms with E-state index in [1.165, 1.54) is 0 Å². The predicted molar refractivity (Wildman–Crippen MR) is 65.2 cm³/mol. The normalized spacial score (nSPS) is 12.8. The van der Waals surface area contributed by atoms with E-state index in [0.29, 0.717) is 0 Å². The van der Waals surface area contributed by atoms with Crippen molar-refractivity contribution < 1.29 is 0 Å². The predicted octanol–water partition coefficient (Wildman–Crippen LogP) is 2.09. The van der Waals surface area contributed by atoms with Crippen LogP contribution in [-0.4, -0.2) is 9.78 Å². The highest BCUT2D eigenvalue weighted by Crippen LogP contribution is 2.24. The Bertz CT molecular complexity index is 485. The Kier molecular flexibility index (Phi) is 2.79. The molecule has 3 nitrogen and oxygen atoms in total. The molecule has 1 heterocycles. The van der Waals surface area contributed by atoms with Crippen LogP contribution < -0.4 is 5.73 Å². The topological polar surface area (TPSA) is 43.8 Å². The Morgan fingerprint density at radius 1 is 1.19 bits per heavy atom. The van der Waals surface area contributed by atoms with Crippen molar-refractivity contribution in [3.8, 4) is 0 Å². The van der Waals surface area contributed by atoms with Crippen LogP contribution in [0.5, 0.6) is 0 Å². The van der Waals surface area contributed by atoms with Gasteiger partial charge in [0, 0.05) is 18.3 Å². The van der Waals surface area contributed by atoms with Crippen molar-refractivity contribution in [2.45, 2.75) is 19.9 Å². The van der Waals surface area contributed by atoms with Crippen LogP contribution in [0.3, 0.4) is 0 Å². The quantitative estimate of drug-likeness (QED) is 0.833. The molecule has 0 fully saturated rings. The van der Waals surface area contributed by atoms with Crippen molar-refractivity contribution in [2.24, 2.45) is 12.8 Å². The summed E-state index contributed by atoms with van der Waals surface area (Å²) in [5.41, 5.74) is 10.7. The third kappa shape index (κ3) is 1.74. The maximum absolute atomic E-state index is 6.28. The van der Waals surface area contributed by atoms with Gasteiger partial charge in [-0.15, -0.1) is 0 Å². The second-order valence-electron chi connectivity index (χ2n) is 4.10. The Balaban J connectivity index is 2.45. The number of benzene rings is 1. The van der Waals surface area contributed by atoms with E-state index in [4.69, 9.17) is 5.73 Å². The highest BCUT2D eigenvalue weighted by molar-refractivity contribution is 5.36. The molecule has 0 aliphatic carbocycles. The molecule has 0 aliphatic heterocycles. The lowest BCUT2D eigenvalue weighted by Gasteiger charge is -2.12. The van der Waals surface area contributed by atoms with E-state index < -0.39 is 0 Å². The molecule has 0 saturated carbocycles. The van der Waals surface area contributed by atoms with E-state index in [-0.39, 0.29) is 6.04 Å². The molecule has 16 heavy (non-hydrogen) atoms. The number of aromatic nitrogens is 2. The van der Waals surface area contributed by atoms with E-state index >= 15 is 0 Å². The van der Waals surface area contributed by atoms with Gasteiger partial charge in [-0.2, -0.15) is 5.10 Å². The lowest BCUT2D eigenvalue weighted by molar-refractivity contribution is 0.728. The first-order valence-electron chi connectivity index (χ1n) is 5.42. The number of hydrogen-bond acceptors (Lipinski definition) is 2. The smallest absolute Gasteiger partial charge is 0.0647 e.